The van der Waals surface area contributed by atoms with Gasteiger partial charge < -0.3 is 0 Å². The van der Waals surface area contributed by atoms with E-state index < -0.39 is 0 Å². The molecule has 0 atom stereocenters. The fourth-order valence-electron chi connectivity index (χ4n) is 1.29. The van der Waals surface area contributed by atoms with Crippen LogP contribution in [0, 0.1) is 0 Å². The van der Waals surface area contributed by atoms with E-state index in [4.69, 9.17) is 0 Å². The van der Waals surface area contributed by atoms with Gasteiger partial charge in [-0.15, -0.1) is 0 Å². The molecule has 0 radical (unpaired) electrons. The van der Waals surface area contributed by atoms with Crippen molar-refractivity contribution in [2.75, 3.05) is 13.1 Å². The second-order valence-electron chi connectivity index (χ2n) is 3.20. The predicted octanol–water partition coefficient (Wildman–Crippen LogP) is 4.62. The Labute approximate surface area is 105 Å². The number of aryl methyl sites for hydroxylation is 1. The van der Waals surface area contributed by atoms with Gasteiger partial charge in [-0.3, -0.25) is 0 Å². The van der Waals surface area contributed by atoms with E-state index in [0.717, 1.165) is 19.5 Å². The molecule has 1 rings (SSSR count). The van der Waals surface area contributed by atoms with E-state index in [1.807, 2.05) is 25.8 Å². The van der Waals surface area contributed by atoms with Crippen LogP contribution in [-0.2, 0) is 6.42 Å². The molecule has 0 aliphatic heterocycles. The first-order valence-electron chi connectivity index (χ1n) is 6.32. The average Bonchev–Trinajstić information content (AvgIpc) is 2.39. The van der Waals surface area contributed by atoms with Crippen LogP contribution in [0.4, 0.5) is 0 Å². The summed E-state index contributed by atoms with van der Waals surface area (Å²) in [4.78, 5) is 1.34. The van der Waals surface area contributed by atoms with Crippen LogP contribution in [0.15, 0.2) is 29.2 Å². The molecule has 1 aromatic carbocycles. The van der Waals surface area contributed by atoms with Crippen molar-refractivity contribution in [3.63, 3.8) is 0 Å². The molecule has 1 nitrogen and oxygen atoms in total. The third kappa shape index (κ3) is 5.57. The lowest BCUT2D eigenvalue weighted by Gasteiger charge is -2.16. The lowest BCUT2D eigenvalue weighted by atomic mass is 10.2. The predicted molar refractivity (Wildman–Crippen MR) is 75.9 cm³/mol. The van der Waals surface area contributed by atoms with Crippen molar-refractivity contribution in [2.45, 2.75) is 45.9 Å². The Morgan fingerprint density at radius 2 is 1.44 bits per heavy atom. The van der Waals surface area contributed by atoms with Crippen LogP contribution in [0.25, 0.3) is 0 Å². The number of hydrogen-bond acceptors (Lipinski definition) is 2. The molecule has 0 saturated heterocycles. The lowest BCUT2D eigenvalue weighted by Crippen LogP contribution is -2.13. The topological polar surface area (TPSA) is 3.24 Å². The quantitative estimate of drug-likeness (QED) is 0.690. The smallest absolute Gasteiger partial charge is 0.0230 e. The number of rotatable bonds is 5. The van der Waals surface area contributed by atoms with Gasteiger partial charge in [-0.2, -0.15) is 0 Å². The Bertz CT molecular complexity index is 252. The van der Waals surface area contributed by atoms with Crippen LogP contribution in [-0.4, -0.2) is 17.4 Å². The number of nitrogens with zero attached hydrogens (tertiary/aromatic N) is 1. The highest BCUT2D eigenvalue weighted by Gasteiger charge is 2.01. The number of hydrogen-bond donors (Lipinski definition) is 0. The molecule has 0 N–H and O–H groups in total. The van der Waals surface area contributed by atoms with Crippen molar-refractivity contribution in [1.82, 2.24) is 4.31 Å². The molecular formula is C14H25NS. The summed E-state index contributed by atoms with van der Waals surface area (Å²) in [7, 11) is 0. The Balaban J connectivity index is 0.00000106. The maximum absolute atomic E-state index is 2.35. The third-order valence-corrected chi connectivity index (χ3v) is 3.53. The van der Waals surface area contributed by atoms with E-state index in [2.05, 4.69) is 49.3 Å². The Morgan fingerprint density at radius 3 is 1.81 bits per heavy atom. The molecule has 0 fully saturated rings. The molecule has 0 bridgehead atoms. The molecule has 92 valence electrons. The molecule has 0 aromatic heterocycles. The van der Waals surface area contributed by atoms with Gasteiger partial charge in [-0.1, -0.05) is 46.8 Å². The average molecular weight is 239 g/mol. The Kier molecular flexibility index (Phi) is 9.45. The summed E-state index contributed by atoms with van der Waals surface area (Å²) in [6.07, 6.45) is 1.12. The van der Waals surface area contributed by atoms with Gasteiger partial charge >= 0.3 is 0 Å². The maximum atomic E-state index is 2.35. The van der Waals surface area contributed by atoms with Gasteiger partial charge in [0.1, 0.15) is 0 Å². The van der Waals surface area contributed by atoms with Crippen molar-refractivity contribution in [3.8, 4) is 0 Å². The summed E-state index contributed by atoms with van der Waals surface area (Å²) < 4.78 is 2.35. The first-order chi connectivity index (χ1) is 7.80. The van der Waals surface area contributed by atoms with Gasteiger partial charge in [0, 0.05) is 18.0 Å². The van der Waals surface area contributed by atoms with Gasteiger partial charge in [0.15, 0.2) is 0 Å². The molecule has 2 heteroatoms. The minimum absolute atomic E-state index is 1.09. The first-order valence-corrected chi connectivity index (χ1v) is 7.09. The molecule has 0 spiro atoms. The van der Waals surface area contributed by atoms with Crippen molar-refractivity contribution >= 4 is 11.9 Å². The van der Waals surface area contributed by atoms with Crippen molar-refractivity contribution < 1.29 is 0 Å². The van der Waals surface area contributed by atoms with Crippen LogP contribution < -0.4 is 0 Å². The standard InChI is InChI=1S/C12H19NS.C2H6/c1-4-11-7-9-12(10-8-11)14-13(5-2)6-3;1-2/h7-10H,4-6H2,1-3H3;1-2H3. The van der Waals surface area contributed by atoms with Gasteiger partial charge in [0.05, 0.1) is 0 Å². The van der Waals surface area contributed by atoms with Gasteiger partial charge in [-0.25, -0.2) is 4.31 Å². The summed E-state index contributed by atoms with van der Waals surface area (Å²) in [5.74, 6) is 0. The van der Waals surface area contributed by atoms with E-state index in [1.54, 1.807) is 0 Å². The number of benzene rings is 1. The molecule has 0 unspecified atom stereocenters. The van der Waals surface area contributed by atoms with Gasteiger partial charge in [0.25, 0.3) is 0 Å². The van der Waals surface area contributed by atoms with Crippen LogP contribution in [0.3, 0.4) is 0 Å². The first kappa shape index (κ1) is 15.5. The molecule has 0 heterocycles. The van der Waals surface area contributed by atoms with Crippen molar-refractivity contribution in [2.24, 2.45) is 0 Å². The molecule has 0 aliphatic carbocycles. The third-order valence-electron chi connectivity index (χ3n) is 2.27. The zero-order valence-corrected chi connectivity index (χ0v) is 12.1. The fraction of sp³-hybridized carbons (Fsp3) is 0.571. The molecule has 0 amide bonds. The summed E-state index contributed by atoms with van der Waals surface area (Å²) >= 11 is 1.84. The Hall–Kier alpha value is -0.470. The summed E-state index contributed by atoms with van der Waals surface area (Å²) in [6.45, 7) is 12.8. The van der Waals surface area contributed by atoms with Gasteiger partial charge in [-0.05, 0) is 36.1 Å². The highest BCUT2D eigenvalue weighted by Crippen LogP contribution is 2.22. The normalized spacial score (nSPS) is 9.88. The van der Waals surface area contributed by atoms with Crippen LogP contribution in [0.5, 0.6) is 0 Å². The van der Waals surface area contributed by atoms with E-state index in [1.165, 1.54) is 10.5 Å². The molecular weight excluding hydrogens is 214 g/mol. The van der Waals surface area contributed by atoms with E-state index >= 15 is 0 Å². The molecule has 16 heavy (non-hydrogen) atoms. The van der Waals surface area contributed by atoms with E-state index in [9.17, 15) is 0 Å². The van der Waals surface area contributed by atoms with Crippen molar-refractivity contribution in [3.05, 3.63) is 29.8 Å². The van der Waals surface area contributed by atoms with E-state index in [-0.39, 0.29) is 0 Å². The molecule has 0 aliphatic rings. The minimum Gasteiger partial charge on any atom is -0.247 e. The highest BCUT2D eigenvalue weighted by molar-refractivity contribution is 7.97. The van der Waals surface area contributed by atoms with Crippen LogP contribution in [0.1, 0.15) is 40.2 Å². The maximum Gasteiger partial charge on any atom is 0.0230 e. The Morgan fingerprint density at radius 1 is 0.938 bits per heavy atom. The summed E-state index contributed by atoms with van der Waals surface area (Å²) in [5, 5.41) is 0. The lowest BCUT2D eigenvalue weighted by molar-refractivity contribution is 0.525. The second kappa shape index (κ2) is 9.73. The largest absolute Gasteiger partial charge is 0.247 e. The monoisotopic (exact) mass is 239 g/mol. The molecule has 1 aromatic rings. The minimum atomic E-state index is 1.09. The fourth-order valence-corrected chi connectivity index (χ4v) is 2.10. The van der Waals surface area contributed by atoms with Crippen LogP contribution >= 0.6 is 11.9 Å². The van der Waals surface area contributed by atoms with Crippen molar-refractivity contribution in [1.29, 1.82) is 0 Å². The molecule has 0 saturated carbocycles. The zero-order valence-electron chi connectivity index (χ0n) is 11.3. The second-order valence-corrected chi connectivity index (χ2v) is 4.37. The van der Waals surface area contributed by atoms with Crippen LogP contribution in [0.2, 0.25) is 0 Å². The van der Waals surface area contributed by atoms with E-state index in [0.29, 0.717) is 0 Å². The van der Waals surface area contributed by atoms with Gasteiger partial charge in [0.2, 0.25) is 0 Å². The highest BCUT2D eigenvalue weighted by atomic mass is 32.2. The SMILES string of the molecule is CC.CCc1ccc(SN(CC)CC)cc1. The zero-order chi connectivity index (χ0) is 12.4. The summed E-state index contributed by atoms with van der Waals surface area (Å²) in [5.41, 5.74) is 1.41. The summed E-state index contributed by atoms with van der Waals surface area (Å²) in [6, 6.07) is 8.85.